The van der Waals surface area contributed by atoms with Crippen molar-refractivity contribution < 1.29 is 22.1 Å². The van der Waals surface area contributed by atoms with Gasteiger partial charge in [0, 0.05) is 29.5 Å². The van der Waals surface area contributed by atoms with E-state index in [9.17, 15) is 13.2 Å². The van der Waals surface area contributed by atoms with Crippen LogP contribution >= 0.6 is 0 Å². The largest absolute Gasteiger partial charge is 0.359 e. The average Bonchev–Trinajstić information content (AvgIpc) is 3.34. The number of Topliss-reactive ketones (excluding diaryl/α,β-unsaturated/α-hetero) is 1. The smallest absolute Gasteiger partial charge is 0.263 e. The van der Waals surface area contributed by atoms with Crippen LogP contribution < -0.4 is 4.72 Å². The quantitative estimate of drug-likeness (QED) is 0.270. The van der Waals surface area contributed by atoms with Crippen molar-refractivity contribution in [3.8, 4) is 11.1 Å². The Labute approximate surface area is 227 Å². The molecule has 10 heteroatoms. The first-order valence-electron chi connectivity index (χ1n) is 13.1. The fourth-order valence-corrected chi connectivity index (χ4v) is 6.26. The average molecular weight is 551 g/mol. The fourth-order valence-electron chi connectivity index (χ4n) is 4.97. The number of hydrogen-bond donors (Lipinski definition) is 1. The second-order valence-corrected chi connectivity index (χ2v) is 11.6. The fraction of sp³-hybridized carbons (Fsp3) is 0.345. The number of nitrogens with zero attached hydrogens (tertiary/aromatic N) is 3. The molecule has 5 rings (SSSR count). The normalized spacial score (nSPS) is 13.8. The SMILES string of the molecule is CCCc1nc2c(n1Cc1ccc(-c3ccccc3S(=O)(=O)Nc3noc(C)c3C)cc1F)C(=O)CCCC2. The van der Waals surface area contributed by atoms with Crippen molar-refractivity contribution >= 4 is 21.6 Å². The zero-order chi connectivity index (χ0) is 27.7. The number of sulfonamides is 1. The molecule has 0 aliphatic heterocycles. The van der Waals surface area contributed by atoms with Crippen molar-refractivity contribution in [3.63, 3.8) is 0 Å². The highest BCUT2D eigenvalue weighted by atomic mass is 32.2. The van der Waals surface area contributed by atoms with Gasteiger partial charge in [0.15, 0.2) is 11.6 Å². The first-order chi connectivity index (χ1) is 18.7. The second kappa shape index (κ2) is 10.8. The Balaban J connectivity index is 1.49. The van der Waals surface area contributed by atoms with Gasteiger partial charge in [0.25, 0.3) is 10.0 Å². The summed E-state index contributed by atoms with van der Waals surface area (Å²) >= 11 is 0. The highest BCUT2D eigenvalue weighted by molar-refractivity contribution is 7.92. The number of fused-ring (bicyclic) bond motifs is 1. The Bertz CT molecular complexity index is 1660. The molecule has 0 saturated carbocycles. The number of halogens is 1. The van der Waals surface area contributed by atoms with E-state index in [-0.39, 0.29) is 23.0 Å². The van der Waals surface area contributed by atoms with Crippen molar-refractivity contribution in [1.82, 2.24) is 14.7 Å². The molecule has 0 spiro atoms. The summed E-state index contributed by atoms with van der Waals surface area (Å²) in [4.78, 5) is 17.7. The number of ketones is 1. The molecule has 39 heavy (non-hydrogen) atoms. The minimum absolute atomic E-state index is 0.00652. The molecule has 2 aromatic heterocycles. The summed E-state index contributed by atoms with van der Waals surface area (Å²) in [7, 11) is -4.04. The molecule has 0 bridgehead atoms. The molecule has 0 amide bonds. The minimum Gasteiger partial charge on any atom is -0.359 e. The van der Waals surface area contributed by atoms with E-state index in [1.54, 1.807) is 44.2 Å². The third kappa shape index (κ3) is 5.25. The standard InChI is InChI=1S/C29H31FN4O4S/c1-4-9-27-31-24-11-6-7-12-25(35)28(24)34(27)17-21-15-14-20(16-23(21)30)22-10-5-8-13-26(22)39(36,37)33-29-18(2)19(3)38-32-29/h5,8,10,13-16H,4,6-7,9,11-12,17H2,1-3H3,(H,32,33). The lowest BCUT2D eigenvalue weighted by molar-refractivity contribution is 0.0973. The van der Waals surface area contributed by atoms with Gasteiger partial charge in [-0.2, -0.15) is 0 Å². The van der Waals surface area contributed by atoms with Gasteiger partial charge in [-0.15, -0.1) is 0 Å². The lowest BCUT2D eigenvalue weighted by atomic mass is 10.0. The topological polar surface area (TPSA) is 107 Å². The Hall–Kier alpha value is -3.79. The Morgan fingerprint density at radius 3 is 2.59 bits per heavy atom. The van der Waals surface area contributed by atoms with Crippen LogP contribution in [0.15, 0.2) is 51.9 Å². The van der Waals surface area contributed by atoms with Crippen molar-refractivity contribution in [1.29, 1.82) is 0 Å². The van der Waals surface area contributed by atoms with Gasteiger partial charge in [0.2, 0.25) is 0 Å². The van der Waals surface area contributed by atoms with Crippen LogP contribution in [0.25, 0.3) is 11.1 Å². The van der Waals surface area contributed by atoms with Crippen LogP contribution in [-0.4, -0.2) is 28.9 Å². The third-order valence-corrected chi connectivity index (χ3v) is 8.58. The summed E-state index contributed by atoms with van der Waals surface area (Å²) in [6, 6.07) is 11.1. The van der Waals surface area contributed by atoms with E-state index in [1.165, 1.54) is 12.1 Å². The van der Waals surface area contributed by atoms with E-state index < -0.39 is 15.8 Å². The lowest BCUT2D eigenvalue weighted by Gasteiger charge is -2.14. The van der Waals surface area contributed by atoms with Crippen molar-refractivity contribution in [2.45, 2.75) is 70.7 Å². The zero-order valence-corrected chi connectivity index (χ0v) is 23.1. The maximum atomic E-state index is 15.6. The van der Waals surface area contributed by atoms with Gasteiger partial charge in [-0.1, -0.05) is 42.4 Å². The monoisotopic (exact) mass is 550 g/mol. The summed E-state index contributed by atoms with van der Waals surface area (Å²) in [5.41, 5.74) is 3.17. The molecule has 2 heterocycles. The van der Waals surface area contributed by atoms with Gasteiger partial charge in [0.1, 0.15) is 23.1 Å². The number of carbonyl (C=O) groups is 1. The number of benzene rings is 2. The zero-order valence-electron chi connectivity index (χ0n) is 22.3. The molecule has 0 radical (unpaired) electrons. The van der Waals surface area contributed by atoms with Gasteiger partial charge < -0.3 is 9.09 Å². The number of hydrogen-bond acceptors (Lipinski definition) is 6. The number of carbonyl (C=O) groups excluding carboxylic acids is 1. The van der Waals surface area contributed by atoms with E-state index in [0.29, 0.717) is 46.5 Å². The number of anilines is 1. The summed E-state index contributed by atoms with van der Waals surface area (Å²) in [5.74, 6) is 0.986. The predicted molar refractivity (Wildman–Crippen MR) is 146 cm³/mol. The van der Waals surface area contributed by atoms with E-state index in [1.807, 2.05) is 11.5 Å². The van der Waals surface area contributed by atoms with Crippen molar-refractivity contribution in [2.24, 2.45) is 0 Å². The molecule has 204 valence electrons. The molecule has 0 saturated heterocycles. The first kappa shape index (κ1) is 26.8. The Kier molecular flexibility index (Phi) is 7.40. The van der Waals surface area contributed by atoms with Crippen molar-refractivity contribution in [3.05, 3.63) is 82.4 Å². The summed E-state index contributed by atoms with van der Waals surface area (Å²) in [5, 5.41) is 3.79. The third-order valence-electron chi connectivity index (χ3n) is 7.18. The van der Waals surface area contributed by atoms with Gasteiger partial charge in [-0.3, -0.25) is 9.52 Å². The molecule has 0 atom stereocenters. The van der Waals surface area contributed by atoms with Gasteiger partial charge in [0.05, 0.1) is 17.1 Å². The molecule has 0 fully saturated rings. The van der Waals surface area contributed by atoms with Crippen LogP contribution in [0.3, 0.4) is 0 Å². The van der Waals surface area contributed by atoms with Crippen LogP contribution in [0.4, 0.5) is 10.2 Å². The molecule has 4 aromatic rings. The molecule has 1 N–H and O–H groups in total. The molecule has 1 aliphatic rings. The first-order valence-corrected chi connectivity index (χ1v) is 14.6. The van der Waals surface area contributed by atoms with Crippen molar-refractivity contribution in [2.75, 3.05) is 4.72 Å². The van der Waals surface area contributed by atoms with Crippen LogP contribution in [0, 0.1) is 19.7 Å². The van der Waals surface area contributed by atoms with E-state index in [2.05, 4.69) is 9.88 Å². The van der Waals surface area contributed by atoms with Crippen LogP contribution in [0.5, 0.6) is 0 Å². The Morgan fingerprint density at radius 2 is 1.87 bits per heavy atom. The molecule has 0 unspecified atom stereocenters. The number of nitrogens with one attached hydrogen (secondary N) is 1. The highest BCUT2D eigenvalue weighted by Gasteiger charge is 2.26. The number of aryl methyl sites for hydroxylation is 3. The maximum absolute atomic E-state index is 15.6. The van der Waals surface area contributed by atoms with Crippen LogP contribution in [0.2, 0.25) is 0 Å². The molecule has 1 aliphatic carbocycles. The molecular formula is C29H31FN4O4S. The molecule has 8 nitrogen and oxygen atoms in total. The second-order valence-electron chi connectivity index (χ2n) is 9.91. The lowest BCUT2D eigenvalue weighted by Crippen LogP contribution is -2.15. The number of rotatable bonds is 8. The number of imidazole rings is 1. The maximum Gasteiger partial charge on any atom is 0.263 e. The van der Waals surface area contributed by atoms with Gasteiger partial charge in [-0.05, 0) is 57.2 Å². The van der Waals surface area contributed by atoms with Gasteiger partial charge in [-0.25, -0.2) is 17.8 Å². The summed E-state index contributed by atoms with van der Waals surface area (Å²) in [6.45, 7) is 5.64. The van der Waals surface area contributed by atoms with E-state index in [0.717, 1.165) is 37.2 Å². The number of aromatic nitrogens is 3. The Morgan fingerprint density at radius 1 is 1.10 bits per heavy atom. The highest BCUT2D eigenvalue weighted by Crippen LogP contribution is 2.31. The van der Waals surface area contributed by atoms with E-state index in [4.69, 9.17) is 9.51 Å². The molecular weight excluding hydrogens is 519 g/mol. The van der Waals surface area contributed by atoms with Crippen LogP contribution in [0.1, 0.15) is 71.5 Å². The van der Waals surface area contributed by atoms with Crippen LogP contribution in [-0.2, 0) is 29.4 Å². The minimum atomic E-state index is -4.04. The summed E-state index contributed by atoms with van der Waals surface area (Å²) in [6.07, 6.45) is 4.52. The molecule has 2 aromatic carbocycles. The predicted octanol–water partition coefficient (Wildman–Crippen LogP) is 6.00. The van der Waals surface area contributed by atoms with Gasteiger partial charge >= 0.3 is 0 Å². The van der Waals surface area contributed by atoms with E-state index >= 15 is 4.39 Å². The summed E-state index contributed by atoms with van der Waals surface area (Å²) < 4.78 is 51.6.